The Hall–Kier alpha value is 0.0969. The molecule has 4 heteroatoms. The van der Waals surface area contributed by atoms with E-state index >= 15 is 0 Å². The maximum atomic E-state index is 5.74. The minimum atomic E-state index is -1.43. The monoisotopic (exact) mass is 247 g/mol. The van der Waals surface area contributed by atoms with Crippen LogP contribution in [0, 0.1) is 0 Å². The third kappa shape index (κ3) is 5.99. The SMILES string of the molecule is CCO[SiH](CC(CC)N(CC)CC)OCC. The van der Waals surface area contributed by atoms with Crippen LogP contribution in [0.5, 0.6) is 0 Å². The molecule has 1 unspecified atom stereocenters. The lowest BCUT2D eigenvalue weighted by molar-refractivity contribution is 0.180. The molecule has 0 aliphatic heterocycles. The Bertz CT molecular complexity index is 148. The van der Waals surface area contributed by atoms with Gasteiger partial charge in [0, 0.05) is 25.3 Å². The van der Waals surface area contributed by atoms with Gasteiger partial charge < -0.3 is 13.8 Å². The fraction of sp³-hybridized carbons (Fsp3) is 1.00. The summed E-state index contributed by atoms with van der Waals surface area (Å²) in [5.74, 6) is 0. The Labute approximate surface area is 103 Å². The molecular formula is C12H29NO2Si. The molecule has 0 heterocycles. The quantitative estimate of drug-likeness (QED) is 0.553. The molecule has 0 radical (unpaired) electrons. The summed E-state index contributed by atoms with van der Waals surface area (Å²) in [6.45, 7) is 14.6. The van der Waals surface area contributed by atoms with Crippen molar-refractivity contribution in [1.29, 1.82) is 0 Å². The highest BCUT2D eigenvalue weighted by molar-refractivity contribution is 6.44. The fourth-order valence-corrected chi connectivity index (χ4v) is 4.28. The smallest absolute Gasteiger partial charge is 0.322 e. The second-order valence-corrected chi connectivity index (χ2v) is 5.86. The van der Waals surface area contributed by atoms with Crippen LogP contribution in [0.2, 0.25) is 6.04 Å². The zero-order valence-electron chi connectivity index (χ0n) is 11.7. The van der Waals surface area contributed by atoms with E-state index in [9.17, 15) is 0 Å². The summed E-state index contributed by atoms with van der Waals surface area (Å²) < 4.78 is 11.5. The summed E-state index contributed by atoms with van der Waals surface area (Å²) in [4.78, 5) is 2.51. The van der Waals surface area contributed by atoms with Gasteiger partial charge in [0.2, 0.25) is 0 Å². The Morgan fingerprint density at radius 3 is 1.75 bits per heavy atom. The van der Waals surface area contributed by atoms with Gasteiger partial charge in [0.05, 0.1) is 0 Å². The maximum Gasteiger partial charge on any atom is 0.322 e. The van der Waals surface area contributed by atoms with E-state index in [4.69, 9.17) is 8.85 Å². The highest BCUT2D eigenvalue weighted by Crippen LogP contribution is 2.13. The van der Waals surface area contributed by atoms with Crippen LogP contribution < -0.4 is 0 Å². The summed E-state index contributed by atoms with van der Waals surface area (Å²) in [6.07, 6.45) is 1.19. The highest BCUT2D eigenvalue weighted by Gasteiger charge is 2.22. The number of hydrogen-bond acceptors (Lipinski definition) is 3. The highest BCUT2D eigenvalue weighted by atomic mass is 28.3. The van der Waals surface area contributed by atoms with Crippen LogP contribution >= 0.6 is 0 Å². The van der Waals surface area contributed by atoms with Gasteiger partial charge in [-0.05, 0) is 33.4 Å². The Morgan fingerprint density at radius 1 is 0.938 bits per heavy atom. The van der Waals surface area contributed by atoms with Gasteiger partial charge in [0.1, 0.15) is 0 Å². The van der Waals surface area contributed by atoms with Crippen molar-refractivity contribution in [1.82, 2.24) is 4.90 Å². The van der Waals surface area contributed by atoms with Crippen LogP contribution in [0.25, 0.3) is 0 Å². The molecule has 3 nitrogen and oxygen atoms in total. The molecule has 0 aromatic carbocycles. The zero-order valence-corrected chi connectivity index (χ0v) is 12.8. The van der Waals surface area contributed by atoms with Crippen LogP contribution in [0.15, 0.2) is 0 Å². The normalized spacial score (nSPS) is 13.7. The number of nitrogens with zero attached hydrogens (tertiary/aromatic N) is 1. The van der Waals surface area contributed by atoms with E-state index < -0.39 is 9.28 Å². The average molecular weight is 247 g/mol. The van der Waals surface area contributed by atoms with Crippen LogP contribution in [0.4, 0.5) is 0 Å². The Kier molecular flexibility index (Phi) is 10.3. The van der Waals surface area contributed by atoms with Gasteiger partial charge in [-0.15, -0.1) is 0 Å². The van der Waals surface area contributed by atoms with Crippen molar-refractivity contribution in [2.75, 3.05) is 26.3 Å². The molecule has 0 aliphatic carbocycles. The summed E-state index contributed by atoms with van der Waals surface area (Å²) in [5, 5.41) is 0. The van der Waals surface area contributed by atoms with Crippen molar-refractivity contribution in [3.63, 3.8) is 0 Å². The van der Waals surface area contributed by atoms with Crippen molar-refractivity contribution in [3.8, 4) is 0 Å². The van der Waals surface area contributed by atoms with Gasteiger partial charge in [0.15, 0.2) is 0 Å². The van der Waals surface area contributed by atoms with Gasteiger partial charge in [-0.25, -0.2) is 0 Å². The fourth-order valence-electron chi connectivity index (χ4n) is 2.09. The van der Waals surface area contributed by atoms with E-state index in [0.717, 1.165) is 32.3 Å². The second-order valence-electron chi connectivity index (χ2n) is 3.86. The van der Waals surface area contributed by atoms with E-state index in [1.807, 2.05) is 0 Å². The molecular weight excluding hydrogens is 218 g/mol. The van der Waals surface area contributed by atoms with E-state index in [1.165, 1.54) is 6.42 Å². The topological polar surface area (TPSA) is 21.7 Å². The number of hydrogen-bond donors (Lipinski definition) is 0. The first-order valence-corrected chi connectivity index (χ1v) is 8.46. The lowest BCUT2D eigenvalue weighted by atomic mass is 10.2. The molecule has 1 atom stereocenters. The van der Waals surface area contributed by atoms with Gasteiger partial charge >= 0.3 is 9.28 Å². The summed E-state index contributed by atoms with van der Waals surface area (Å²) in [5.41, 5.74) is 0. The third-order valence-electron chi connectivity index (χ3n) is 2.97. The molecule has 0 saturated carbocycles. The van der Waals surface area contributed by atoms with Crippen molar-refractivity contribution in [2.45, 2.75) is 53.1 Å². The molecule has 0 aliphatic rings. The third-order valence-corrected chi connectivity index (χ3v) is 5.31. The standard InChI is InChI=1S/C12H29NO2Si/c1-6-12(13(7-2)8-3)11-16(14-9-4)15-10-5/h12,16H,6-11H2,1-5H3. The molecule has 16 heavy (non-hydrogen) atoms. The zero-order chi connectivity index (χ0) is 12.4. The van der Waals surface area contributed by atoms with Gasteiger partial charge in [-0.1, -0.05) is 20.8 Å². The largest absolute Gasteiger partial charge is 0.397 e. The van der Waals surface area contributed by atoms with Crippen LogP contribution in [-0.2, 0) is 8.85 Å². The predicted molar refractivity (Wildman–Crippen MR) is 72.2 cm³/mol. The molecule has 0 spiro atoms. The van der Waals surface area contributed by atoms with Crippen molar-refractivity contribution >= 4 is 9.28 Å². The second kappa shape index (κ2) is 10.3. The molecule has 0 aromatic heterocycles. The summed E-state index contributed by atoms with van der Waals surface area (Å²) in [6, 6.07) is 1.74. The van der Waals surface area contributed by atoms with Gasteiger partial charge in [0.25, 0.3) is 0 Å². The lowest BCUT2D eigenvalue weighted by Gasteiger charge is -2.30. The van der Waals surface area contributed by atoms with Gasteiger partial charge in [-0.3, -0.25) is 0 Å². The van der Waals surface area contributed by atoms with E-state index in [1.54, 1.807) is 0 Å². The Morgan fingerprint density at radius 2 is 1.44 bits per heavy atom. The van der Waals surface area contributed by atoms with Crippen LogP contribution in [0.1, 0.15) is 41.0 Å². The first kappa shape index (κ1) is 16.1. The van der Waals surface area contributed by atoms with Crippen LogP contribution in [-0.4, -0.2) is 46.5 Å². The van der Waals surface area contributed by atoms with Crippen molar-refractivity contribution < 1.29 is 8.85 Å². The molecule has 0 fully saturated rings. The van der Waals surface area contributed by atoms with Crippen molar-refractivity contribution in [2.24, 2.45) is 0 Å². The molecule has 98 valence electrons. The van der Waals surface area contributed by atoms with E-state index in [0.29, 0.717) is 6.04 Å². The summed E-state index contributed by atoms with van der Waals surface area (Å²) in [7, 11) is -1.43. The summed E-state index contributed by atoms with van der Waals surface area (Å²) >= 11 is 0. The molecule has 0 aromatic rings. The Balaban J connectivity index is 4.22. The molecule has 0 saturated heterocycles. The first-order valence-electron chi connectivity index (χ1n) is 6.70. The number of rotatable bonds is 10. The molecule has 0 N–H and O–H groups in total. The van der Waals surface area contributed by atoms with Gasteiger partial charge in [-0.2, -0.15) is 0 Å². The molecule has 0 rings (SSSR count). The maximum absolute atomic E-state index is 5.74. The predicted octanol–water partition coefficient (Wildman–Crippen LogP) is 2.40. The average Bonchev–Trinajstić information content (AvgIpc) is 2.29. The molecule has 0 amide bonds. The minimum Gasteiger partial charge on any atom is -0.397 e. The van der Waals surface area contributed by atoms with E-state index in [2.05, 4.69) is 39.5 Å². The lowest BCUT2D eigenvalue weighted by Crippen LogP contribution is -2.39. The molecule has 0 bridgehead atoms. The van der Waals surface area contributed by atoms with E-state index in [-0.39, 0.29) is 0 Å². The van der Waals surface area contributed by atoms with Crippen molar-refractivity contribution in [3.05, 3.63) is 0 Å². The first-order chi connectivity index (χ1) is 7.73. The van der Waals surface area contributed by atoms with Crippen LogP contribution in [0.3, 0.4) is 0 Å². The minimum absolute atomic E-state index is 0.629.